The van der Waals surface area contributed by atoms with Gasteiger partial charge < -0.3 is 5.32 Å². The second-order valence-corrected chi connectivity index (χ2v) is 4.40. The van der Waals surface area contributed by atoms with Crippen LogP contribution in [0.4, 0.5) is 5.69 Å². The van der Waals surface area contributed by atoms with Crippen molar-refractivity contribution in [3.63, 3.8) is 0 Å². The summed E-state index contributed by atoms with van der Waals surface area (Å²) >= 11 is 5.98. The zero-order valence-corrected chi connectivity index (χ0v) is 10.8. The average Bonchev–Trinajstić information content (AvgIpc) is 2.46. The van der Waals surface area contributed by atoms with Crippen molar-refractivity contribution in [1.29, 1.82) is 0 Å². The summed E-state index contributed by atoms with van der Waals surface area (Å²) in [5.74, 6) is 0. The lowest BCUT2D eigenvalue weighted by atomic mass is 10.3. The molecule has 0 fully saturated rings. The molecule has 19 heavy (non-hydrogen) atoms. The van der Waals surface area contributed by atoms with Gasteiger partial charge in [0.2, 0.25) is 0 Å². The topological polar surface area (TPSA) is 50.7 Å². The van der Waals surface area contributed by atoms with Gasteiger partial charge in [-0.1, -0.05) is 23.7 Å². The molecule has 0 saturated heterocycles. The van der Waals surface area contributed by atoms with Gasteiger partial charge in [0, 0.05) is 6.20 Å². The summed E-state index contributed by atoms with van der Waals surface area (Å²) in [7, 11) is 0. The van der Waals surface area contributed by atoms with Crippen LogP contribution < -0.4 is 5.32 Å². The van der Waals surface area contributed by atoms with Gasteiger partial charge in [0.1, 0.15) is 0 Å². The van der Waals surface area contributed by atoms with Crippen molar-refractivity contribution in [3.8, 4) is 0 Å². The third kappa shape index (κ3) is 2.63. The number of halogens is 1. The van der Waals surface area contributed by atoms with E-state index >= 15 is 0 Å². The van der Waals surface area contributed by atoms with Crippen molar-refractivity contribution >= 4 is 28.3 Å². The molecule has 0 bridgehead atoms. The van der Waals surface area contributed by atoms with Gasteiger partial charge in [-0.3, -0.25) is 4.98 Å². The Bertz CT molecular complexity index is 714. The largest absolute Gasteiger partial charge is 0.377 e. The standard InChI is InChI=1S/C14H11ClN4/c15-14-13(6-3-7-16-14)18-9-10-8-17-11-4-1-2-5-12(11)19-10/h1-8,18H,9H2. The molecule has 94 valence electrons. The number of hydrogen-bond donors (Lipinski definition) is 1. The highest BCUT2D eigenvalue weighted by Crippen LogP contribution is 2.18. The molecule has 4 nitrogen and oxygen atoms in total. The van der Waals surface area contributed by atoms with Gasteiger partial charge >= 0.3 is 0 Å². The maximum atomic E-state index is 5.98. The van der Waals surface area contributed by atoms with Crippen molar-refractivity contribution in [3.05, 3.63) is 59.6 Å². The quantitative estimate of drug-likeness (QED) is 0.742. The smallest absolute Gasteiger partial charge is 0.152 e. The van der Waals surface area contributed by atoms with Gasteiger partial charge in [-0.15, -0.1) is 0 Å². The van der Waals surface area contributed by atoms with Crippen molar-refractivity contribution < 1.29 is 0 Å². The van der Waals surface area contributed by atoms with Crippen molar-refractivity contribution in [2.45, 2.75) is 6.54 Å². The molecule has 3 aromatic rings. The zero-order chi connectivity index (χ0) is 13.1. The van der Waals surface area contributed by atoms with E-state index in [-0.39, 0.29) is 0 Å². The molecule has 0 aliphatic rings. The van der Waals surface area contributed by atoms with E-state index < -0.39 is 0 Å². The maximum Gasteiger partial charge on any atom is 0.152 e. The molecule has 2 aromatic heterocycles. The highest BCUT2D eigenvalue weighted by Gasteiger charge is 2.02. The monoisotopic (exact) mass is 270 g/mol. The number of fused-ring (bicyclic) bond motifs is 1. The van der Waals surface area contributed by atoms with Gasteiger partial charge in [-0.05, 0) is 24.3 Å². The first-order chi connectivity index (χ1) is 9.33. The van der Waals surface area contributed by atoms with Crippen LogP contribution in [0.1, 0.15) is 5.69 Å². The SMILES string of the molecule is Clc1ncccc1NCc1cnc2ccccc2n1. The summed E-state index contributed by atoms with van der Waals surface area (Å²) < 4.78 is 0. The summed E-state index contributed by atoms with van der Waals surface area (Å²) in [5, 5.41) is 3.65. The van der Waals surface area contributed by atoms with Crippen LogP contribution in [0.15, 0.2) is 48.8 Å². The number of benzene rings is 1. The van der Waals surface area contributed by atoms with E-state index in [1.807, 2.05) is 36.4 Å². The second-order valence-electron chi connectivity index (χ2n) is 4.05. The normalized spacial score (nSPS) is 10.6. The summed E-state index contributed by atoms with van der Waals surface area (Å²) in [6.45, 7) is 0.559. The zero-order valence-electron chi connectivity index (χ0n) is 10.0. The Morgan fingerprint density at radius 1 is 1.00 bits per heavy atom. The van der Waals surface area contributed by atoms with Crippen LogP contribution in [0.2, 0.25) is 5.15 Å². The fourth-order valence-electron chi connectivity index (χ4n) is 1.78. The first kappa shape index (κ1) is 11.9. The molecule has 0 saturated carbocycles. The van der Waals surface area contributed by atoms with Gasteiger partial charge in [-0.2, -0.15) is 0 Å². The highest BCUT2D eigenvalue weighted by atomic mass is 35.5. The van der Waals surface area contributed by atoms with Crippen LogP contribution in [0, 0.1) is 0 Å². The highest BCUT2D eigenvalue weighted by molar-refractivity contribution is 6.31. The molecule has 0 amide bonds. The van der Waals surface area contributed by atoms with Crippen LogP contribution in [-0.2, 0) is 6.54 Å². The van der Waals surface area contributed by atoms with Crippen molar-refractivity contribution in [2.75, 3.05) is 5.32 Å². The van der Waals surface area contributed by atoms with Crippen LogP contribution >= 0.6 is 11.6 Å². The lowest BCUT2D eigenvalue weighted by Gasteiger charge is -2.07. The lowest BCUT2D eigenvalue weighted by Crippen LogP contribution is -2.03. The van der Waals surface area contributed by atoms with Gasteiger partial charge in [0.05, 0.1) is 35.2 Å². The minimum Gasteiger partial charge on any atom is -0.377 e. The predicted octanol–water partition coefficient (Wildman–Crippen LogP) is 3.29. The van der Waals surface area contributed by atoms with E-state index in [0.717, 1.165) is 22.4 Å². The van der Waals surface area contributed by atoms with Crippen molar-refractivity contribution in [1.82, 2.24) is 15.0 Å². The Hall–Kier alpha value is -2.20. The summed E-state index contributed by atoms with van der Waals surface area (Å²) in [6, 6.07) is 11.5. The third-order valence-corrected chi connectivity index (χ3v) is 3.02. The number of nitrogens with zero attached hydrogens (tertiary/aromatic N) is 3. The summed E-state index contributed by atoms with van der Waals surface area (Å²) in [6.07, 6.45) is 3.42. The molecular formula is C14H11ClN4. The lowest BCUT2D eigenvalue weighted by molar-refractivity contribution is 1.04. The predicted molar refractivity (Wildman–Crippen MR) is 76.1 cm³/mol. The number of anilines is 1. The number of aromatic nitrogens is 3. The van der Waals surface area contributed by atoms with Crippen LogP contribution in [0.25, 0.3) is 11.0 Å². The third-order valence-electron chi connectivity index (χ3n) is 2.72. The van der Waals surface area contributed by atoms with Gasteiger partial charge in [0.25, 0.3) is 0 Å². The molecule has 3 rings (SSSR count). The molecule has 1 N–H and O–H groups in total. The van der Waals surface area contributed by atoms with E-state index in [1.165, 1.54) is 0 Å². The Morgan fingerprint density at radius 2 is 1.84 bits per heavy atom. The fraction of sp³-hybridized carbons (Fsp3) is 0.0714. The molecule has 1 aromatic carbocycles. The second kappa shape index (κ2) is 5.20. The average molecular weight is 271 g/mol. The maximum absolute atomic E-state index is 5.98. The number of para-hydroxylation sites is 2. The molecular weight excluding hydrogens is 260 g/mol. The number of hydrogen-bond acceptors (Lipinski definition) is 4. The first-order valence-electron chi connectivity index (χ1n) is 5.88. The van der Waals surface area contributed by atoms with E-state index in [9.17, 15) is 0 Å². The van der Waals surface area contributed by atoms with Crippen LogP contribution in [-0.4, -0.2) is 15.0 Å². The molecule has 5 heteroatoms. The van der Waals surface area contributed by atoms with Crippen molar-refractivity contribution in [2.24, 2.45) is 0 Å². The molecule has 0 spiro atoms. The van der Waals surface area contributed by atoms with E-state index in [0.29, 0.717) is 11.7 Å². The van der Waals surface area contributed by atoms with Gasteiger partial charge in [0.15, 0.2) is 5.15 Å². The Morgan fingerprint density at radius 3 is 2.68 bits per heavy atom. The van der Waals surface area contributed by atoms with Crippen LogP contribution in [0.3, 0.4) is 0 Å². The van der Waals surface area contributed by atoms with E-state index in [2.05, 4.69) is 20.3 Å². The van der Waals surface area contributed by atoms with E-state index in [4.69, 9.17) is 11.6 Å². The molecule has 0 unspecified atom stereocenters. The first-order valence-corrected chi connectivity index (χ1v) is 6.26. The molecule has 2 heterocycles. The minimum atomic E-state index is 0.455. The minimum absolute atomic E-state index is 0.455. The van der Waals surface area contributed by atoms with Gasteiger partial charge in [-0.25, -0.2) is 9.97 Å². The molecule has 0 radical (unpaired) electrons. The number of rotatable bonds is 3. The Kier molecular flexibility index (Phi) is 3.25. The molecule has 0 aliphatic heterocycles. The Balaban J connectivity index is 1.80. The van der Waals surface area contributed by atoms with E-state index in [1.54, 1.807) is 12.4 Å². The number of nitrogens with one attached hydrogen (secondary N) is 1. The molecule has 0 aliphatic carbocycles. The Labute approximate surface area is 115 Å². The fourth-order valence-corrected chi connectivity index (χ4v) is 1.97. The van der Waals surface area contributed by atoms with Crippen LogP contribution in [0.5, 0.6) is 0 Å². The molecule has 0 atom stereocenters. The number of pyridine rings is 1. The summed E-state index contributed by atoms with van der Waals surface area (Å²) in [5.41, 5.74) is 3.43. The summed E-state index contributed by atoms with van der Waals surface area (Å²) in [4.78, 5) is 12.9.